The first-order valence-electron chi connectivity index (χ1n) is 4.78. The Morgan fingerprint density at radius 2 is 2.27 bits per heavy atom. The van der Waals surface area contributed by atoms with Gasteiger partial charge in [-0.2, -0.15) is 0 Å². The van der Waals surface area contributed by atoms with E-state index >= 15 is 0 Å². The molecule has 0 aliphatic rings. The van der Waals surface area contributed by atoms with E-state index in [0.29, 0.717) is 11.6 Å². The third kappa shape index (κ3) is 3.89. The highest BCUT2D eigenvalue weighted by Gasteiger charge is 2.13. The maximum atomic E-state index is 11.1. The number of sulfone groups is 1. The van der Waals surface area contributed by atoms with Crippen LogP contribution in [0.2, 0.25) is 0 Å². The molecule has 86 valence electrons. The smallest absolute Gasteiger partial charge is 0.153 e. The third-order valence-corrected chi connectivity index (χ3v) is 4.00. The minimum atomic E-state index is -2.99. The van der Waals surface area contributed by atoms with Gasteiger partial charge in [-0.25, -0.2) is 13.4 Å². The molecule has 0 saturated heterocycles. The van der Waals surface area contributed by atoms with E-state index in [0.717, 1.165) is 12.1 Å². The van der Waals surface area contributed by atoms with Crippen molar-refractivity contribution in [1.29, 1.82) is 0 Å². The standard InChI is InChI=1S/C9H16N2O2S2/c1-3-7(4-10)8-5-14-9(11-8)6-15(2,12)13/h5,7H,3-4,6,10H2,1-2H3. The summed E-state index contributed by atoms with van der Waals surface area (Å²) in [7, 11) is -2.99. The molecule has 0 aliphatic carbocycles. The molecule has 2 N–H and O–H groups in total. The predicted molar refractivity (Wildman–Crippen MR) is 62.7 cm³/mol. The van der Waals surface area contributed by atoms with Gasteiger partial charge in [-0.15, -0.1) is 11.3 Å². The molecule has 0 aliphatic heterocycles. The molecule has 1 aromatic rings. The van der Waals surface area contributed by atoms with Crippen LogP contribution in [0.5, 0.6) is 0 Å². The molecule has 1 unspecified atom stereocenters. The van der Waals surface area contributed by atoms with Crippen molar-refractivity contribution in [3.05, 3.63) is 16.1 Å². The van der Waals surface area contributed by atoms with Crippen LogP contribution in [-0.2, 0) is 15.6 Å². The third-order valence-electron chi connectivity index (χ3n) is 2.15. The number of thiazole rings is 1. The number of nitrogens with zero attached hydrogens (tertiary/aromatic N) is 1. The van der Waals surface area contributed by atoms with Crippen LogP contribution in [0.25, 0.3) is 0 Å². The summed E-state index contributed by atoms with van der Waals surface area (Å²) in [5.41, 5.74) is 6.52. The van der Waals surface area contributed by atoms with Gasteiger partial charge in [0.25, 0.3) is 0 Å². The lowest BCUT2D eigenvalue weighted by Gasteiger charge is -2.07. The Kier molecular flexibility index (Phi) is 4.24. The largest absolute Gasteiger partial charge is 0.330 e. The van der Waals surface area contributed by atoms with Crippen molar-refractivity contribution in [3.63, 3.8) is 0 Å². The summed E-state index contributed by atoms with van der Waals surface area (Å²) < 4.78 is 22.1. The van der Waals surface area contributed by atoms with E-state index < -0.39 is 9.84 Å². The predicted octanol–water partition coefficient (Wildman–Crippen LogP) is 1.14. The number of hydrogen-bond acceptors (Lipinski definition) is 5. The summed E-state index contributed by atoms with van der Waals surface area (Å²) in [5.74, 6) is 0.271. The fraction of sp³-hybridized carbons (Fsp3) is 0.667. The molecule has 0 amide bonds. The monoisotopic (exact) mass is 248 g/mol. The molecule has 6 heteroatoms. The SMILES string of the molecule is CCC(CN)c1csc(CS(C)(=O)=O)n1. The van der Waals surface area contributed by atoms with Crippen molar-refractivity contribution in [2.45, 2.75) is 25.0 Å². The molecule has 0 saturated carbocycles. The van der Waals surface area contributed by atoms with E-state index in [1.165, 1.54) is 17.6 Å². The van der Waals surface area contributed by atoms with Crippen molar-refractivity contribution in [1.82, 2.24) is 4.98 Å². The van der Waals surface area contributed by atoms with Crippen molar-refractivity contribution in [2.75, 3.05) is 12.8 Å². The van der Waals surface area contributed by atoms with E-state index in [-0.39, 0.29) is 11.7 Å². The van der Waals surface area contributed by atoms with Gasteiger partial charge in [0.15, 0.2) is 9.84 Å². The number of nitrogens with two attached hydrogens (primary N) is 1. The molecule has 0 spiro atoms. The van der Waals surface area contributed by atoms with Crippen molar-refractivity contribution in [2.24, 2.45) is 5.73 Å². The first kappa shape index (κ1) is 12.6. The lowest BCUT2D eigenvalue weighted by Crippen LogP contribution is -2.12. The summed E-state index contributed by atoms with van der Waals surface area (Å²) >= 11 is 1.39. The van der Waals surface area contributed by atoms with Gasteiger partial charge in [-0.1, -0.05) is 6.92 Å². The Morgan fingerprint density at radius 1 is 1.60 bits per heavy atom. The van der Waals surface area contributed by atoms with E-state index in [4.69, 9.17) is 5.73 Å². The van der Waals surface area contributed by atoms with Crippen LogP contribution in [0.1, 0.15) is 30.0 Å². The average Bonchev–Trinajstić information content (AvgIpc) is 2.52. The summed E-state index contributed by atoms with van der Waals surface area (Å²) in [4.78, 5) is 4.30. The summed E-state index contributed by atoms with van der Waals surface area (Å²) in [5, 5.41) is 2.56. The molecular formula is C9H16N2O2S2. The highest BCUT2D eigenvalue weighted by molar-refractivity contribution is 7.90. The molecule has 0 fully saturated rings. The normalized spacial score (nSPS) is 14.1. The Labute approximate surface area is 94.4 Å². The van der Waals surface area contributed by atoms with E-state index in [1.54, 1.807) is 0 Å². The van der Waals surface area contributed by atoms with Crippen molar-refractivity contribution in [3.8, 4) is 0 Å². The van der Waals surface area contributed by atoms with Crippen LogP contribution in [0.3, 0.4) is 0 Å². The van der Waals surface area contributed by atoms with Gasteiger partial charge < -0.3 is 5.73 Å². The number of rotatable bonds is 5. The fourth-order valence-electron chi connectivity index (χ4n) is 1.30. The Hall–Kier alpha value is -0.460. The minimum Gasteiger partial charge on any atom is -0.330 e. The second-order valence-electron chi connectivity index (χ2n) is 3.58. The second kappa shape index (κ2) is 5.05. The van der Waals surface area contributed by atoms with Gasteiger partial charge in [-0.05, 0) is 6.42 Å². The highest BCUT2D eigenvalue weighted by Crippen LogP contribution is 2.21. The van der Waals surface area contributed by atoms with Crippen LogP contribution in [0.15, 0.2) is 5.38 Å². The van der Waals surface area contributed by atoms with Crippen LogP contribution < -0.4 is 5.73 Å². The molecule has 0 radical (unpaired) electrons. The second-order valence-corrected chi connectivity index (χ2v) is 6.66. The van der Waals surface area contributed by atoms with E-state index in [2.05, 4.69) is 4.98 Å². The lowest BCUT2D eigenvalue weighted by atomic mass is 10.0. The molecule has 1 atom stereocenters. The highest BCUT2D eigenvalue weighted by atomic mass is 32.2. The van der Waals surface area contributed by atoms with Gasteiger partial charge in [-0.3, -0.25) is 0 Å². The zero-order chi connectivity index (χ0) is 11.5. The lowest BCUT2D eigenvalue weighted by molar-refractivity contribution is 0.600. The molecule has 0 aromatic carbocycles. The summed E-state index contributed by atoms with van der Waals surface area (Å²) in [6, 6.07) is 0. The van der Waals surface area contributed by atoms with E-state index in [9.17, 15) is 8.42 Å². The first-order valence-corrected chi connectivity index (χ1v) is 7.72. The molecule has 1 heterocycles. The molecule has 4 nitrogen and oxygen atoms in total. The zero-order valence-corrected chi connectivity index (χ0v) is 10.6. The van der Waals surface area contributed by atoms with Crippen LogP contribution >= 0.6 is 11.3 Å². The van der Waals surface area contributed by atoms with Gasteiger partial charge >= 0.3 is 0 Å². The average molecular weight is 248 g/mol. The van der Waals surface area contributed by atoms with Gasteiger partial charge in [0.1, 0.15) is 10.8 Å². The Balaban J connectivity index is 2.80. The molecule has 15 heavy (non-hydrogen) atoms. The molecular weight excluding hydrogens is 232 g/mol. The van der Waals surface area contributed by atoms with Crippen LogP contribution in [0, 0.1) is 0 Å². The molecule has 1 rings (SSSR count). The van der Waals surface area contributed by atoms with Crippen molar-refractivity contribution >= 4 is 21.2 Å². The van der Waals surface area contributed by atoms with Gasteiger partial charge in [0.05, 0.1) is 5.69 Å². The Bertz CT molecular complexity index is 408. The van der Waals surface area contributed by atoms with E-state index in [1.807, 2.05) is 12.3 Å². The maximum Gasteiger partial charge on any atom is 0.153 e. The maximum absolute atomic E-state index is 11.1. The van der Waals surface area contributed by atoms with Crippen LogP contribution in [-0.4, -0.2) is 26.2 Å². The number of hydrogen-bond donors (Lipinski definition) is 1. The summed E-state index contributed by atoms with van der Waals surface area (Å²) in [6.45, 7) is 2.60. The minimum absolute atomic E-state index is 0.0265. The topological polar surface area (TPSA) is 73.1 Å². The van der Waals surface area contributed by atoms with Gasteiger partial charge in [0, 0.05) is 24.1 Å². The summed E-state index contributed by atoms with van der Waals surface area (Å²) in [6.07, 6.45) is 2.15. The quantitative estimate of drug-likeness (QED) is 0.848. The van der Waals surface area contributed by atoms with Gasteiger partial charge in [0.2, 0.25) is 0 Å². The fourth-order valence-corrected chi connectivity index (χ4v) is 3.39. The number of aromatic nitrogens is 1. The molecule has 0 bridgehead atoms. The van der Waals surface area contributed by atoms with Crippen molar-refractivity contribution < 1.29 is 8.42 Å². The first-order chi connectivity index (χ1) is 6.96. The Morgan fingerprint density at radius 3 is 2.73 bits per heavy atom. The van der Waals surface area contributed by atoms with Crippen LogP contribution in [0.4, 0.5) is 0 Å². The zero-order valence-electron chi connectivity index (χ0n) is 8.93. The molecule has 1 aromatic heterocycles.